The van der Waals surface area contributed by atoms with Gasteiger partial charge in [0.2, 0.25) is 0 Å². The second-order valence-corrected chi connectivity index (χ2v) is 5.25. The van der Waals surface area contributed by atoms with Gasteiger partial charge in [-0.25, -0.2) is 0 Å². The fourth-order valence-corrected chi connectivity index (χ4v) is 2.67. The number of hydrogen-bond donors (Lipinski definition) is 2. The summed E-state index contributed by atoms with van der Waals surface area (Å²) < 4.78 is 0.926. The highest BCUT2D eigenvalue weighted by molar-refractivity contribution is 9.10. The van der Waals surface area contributed by atoms with Crippen molar-refractivity contribution in [3.8, 4) is 0 Å². The normalized spacial score (nSPS) is 20.9. The first kappa shape index (κ1) is 12.2. The number of nitrogens with two attached hydrogens (primary N) is 1. The van der Waals surface area contributed by atoms with Crippen LogP contribution in [0.1, 0.15) is 25.3 Å². The third-order valence-corrected chi connectivity index (χ3v) is 3.70. The van der Waals surface area contributed by atoms with Gasteiger partial charge in [0.15, 0.2) is 5.84 Å². The van der Waals surface area contributed by atoms with E-state index in [-0.39, 0.29) is 5.84 Å². The maximum absolute atomic E-state index is 8.84. The maximum Gasteiger partial charge on any atom is 0.172 e. The van der Waals surface area contributed by atoms with Crippen molar-refractivity contribution in [2.45, 2.75) is 25.8 Å². The molecule has 1 aromatic carbocycles. The Morgan fingerprint density at radius 2 is 2.35 bits per heavy atom. The highest BCUT2D eigenvalue weighted by Crippen LogP contribution is 2.30. The van der Waals surface area contributed by atoms with Crippen molar-refractivity contribution < 1.29 is 5.21 Å². The second kappa shape index (κ2) is 4.96. The molecule has 0 aromatic heterocycles. The zero-order valence-electron chi connectivity index (χ0n) is 9.73. The zero-order chi connectivity index (χ0) is 12.4. The number of nitrogens with zero attached hydrogens (tertiary/aromatic N) is 2. The Morgan fingerprint density at radius 3 is 2.94 bits per heavy atom. The Bertz CT molecular complexity index is 447. The zero-order valence-corrected chi connectivity index (χ0v) is 11.3. The van der Waals surface area contributed by atoms with Crippen LogP contribution in [-0.4, -0.2) is 23.6 Å². The van der Waals surface area contributed by atoms with E-state index in [4.69, 9.17) is 10.9 Å². The molecular formula is C12H16BrN3O. The molecule has 0 amide bonds. The van der Waals surface area contributed by atoms with Crippen LogP contribution >= 0.6 is 15.9 Å². The first-order valence-electron chi connectivity index (χ1n) is 5.67. The van der Waals surface area contributed by atoms with Gasteiger partial charge in [-0.1, -0.05) is 21.1 Å². The number of oxime groups is 1. The van der Waals surface area contributed by atoms with Crippen LogP contribution in [0.4, 0.5) is 5.69 Å². The van der Waals surface area contributed by atoms with Gasteiger partial charge in [0.25, 0.3) is 0 Å². The molecule has 4 nitrogen and oxygen atoms in total. The van der Waals surface area contributed by atoms with Gasteiger partial charge in [-0.15, -0.1) is 0 Å². The topological polar surface area (TPSA) is 61.8 Å². The molecule has 0 saturated carbocycles. The molecule has 1 atom stereocenters. The van der Waals surface area contributed by atoms with E-state index in [1.807, 2.05) is 18.2 Å². The highest BCUT2D eigenvalue weighted by atomic mass is 79.9. The SMILES string of the molecule is CC1CCCN1c1ccc(Br)cc1/C(N)=N/O. The van der Waals surface area contributed by atoms with Crippen molar-refractivity contribution in [2.24, 2.45) is 10.9 Å². The lowest BCUT2D eigenvalue weighted by Gasteiger charge is -2.26. The summed E-state index contributed by atoms with van der Waals surface area (Å²) in [5.41, 5.74) is 7.54. The van der Waals surface area contributed by atoms with Gasteiger partial charge in [0, 0.05) is 28.3 Å². The minimum absolute atomic E-state index is 0.153. The van der Waals surface area contributed by atoms with Crippen molar-refractivity contribution in [1.29, 1.82) is 0 Å². The van der Waals surface area contributed by atoms with E-state index in [9.17, 15) is 0 Å². The molecule has 0 aliphatic carbocycles. The van der Waals surface area contributed by atoms with Gasteiger partial charge in [-0.2, -0.15) is 0 Å². The van der Waals surface area contributed by atoms with Crippen LogP contribution in [0.25, 0.3) is 0 Å². The molecule has 1 heterocycles. The molecule has 0 radical (unpaired) electrons. The van der Waals surface area contributed by atoms with Gasteiger partial charge >= 0.3 is 0 Å². The van der Waals surface area contributed by atoms with Gasteiger partial charge < -0.3 is 15.8 Å². The Kier molecular flexibility index (Phi) is 3.57. The smallest absolute Gasteiger partial charge is 0.172 e. The van der Waals surface area contributed by atoms with Crippen LogP contribution in [0.2, 0.25) is 0 Å². The summed E-state index contributed by atoms with van der Waals surface area (Å²) in [5.74, 6) is 0.153. The predicted octanol–water partition coefficient (Wildman–Crippen LogP) is 2.53. The molecule has 1 fully saturated rings. The Hall–Kier alpha value is -1.23. The monoisotopic (exact) mass is 297 g/mol. The lowest BCUT2D eigenvalue weighted by Crippen LogP contribution is -2.29. The number of rotatable bonds is 2. The van der Waals surface area contributed by atoms with Gasteiger partial charge in [0.1, 0.15) is 0 Å². The molecule has 5 heteroatoms. The first-order chi connectivity index (χ1) is 8.13. The van der Waals surface area contributed by atoms with E-state index in [1.165, 1.54) is 12.8 Å². The van der Waals surface area contributed by atoms with Gasteiger partial charge in [0.05, 0.1) is 0 Å². The van der Waals surface area contributed by atoms with Gasteiger partial charge in [-0.05, 0) is 38.0 Å². The summed E-state index contributed by atoms with van der Waals surface area (Å²) in [4.78, 5) is 2.31. The molecular weight excluding hydrogens is 282 g/mol. The molecule has 1 aromatic rings. The van der Waals surface area contributed by atoms with E-state index in [0.717, 1.165) is 22.3 Å². The molecule has 17 heavy (non-hydrogen) atoms. The number of hydrogen-bond acceptors (Lipinski definition) is 3. The Balaban J connectivity index is 2.45. The number of benzene rings is 1. The quantitative estimate of drug-likeness (QED) is 0.382. The van der Waals surface area contributed by atoms with E-state index < -0.39 is 0 Å². The minimum atomic E-state index is 0.153. The van der Waals surface area contributed by atoms with Crippen LogP contribution in [-0.2, 0) is 0 Å². The highest BCUT2D eigenvalue weighted by Gasteiger charge is 2.23. The van der Waals surface area contributed by atoms with Crippen LogP contribution in [0.15, 0.2) is 27.8 Å². The van der Waals surface area contributed by atoms with Crippen molar-refractivity contribution in [1.82, 2.24) is 0 Å². The fraction of sp³-hybridized carbons (Fsp3) is 0.417. The summed E-state index contributed by atoms with van der Waals surface area (Å²) in [6, 6.07) is 6.38. The molecule has 3 N–H and O–H groups in total. The Labute approximate surface area is 109 Å². The lowest BCUT2D eigenvalue weighted by molar-refractivity contribution is 0.318. The molecule has 1 unspecified atom stereocenters. The van der Waals surface area contributed by atoms with E-state index >= 15 is 0 Å². The first-order valence-corrected chi connectivity index (χ1v) is 6.47. The Morgan fingerprint density at radius 1 is 1.59 bits per heavy atom. The summed E-state index contributed by atoms with van der Waals surface area (Å²) in [7, 11) is 0. The largest absolute Gasteiger partial charge is 0.409 e. The third-order valence-electron chi connectivity index (χ3n) is 3.20. The van der Waals surface area contributed by atoms with Crippen molar-refractivity contribution >= 4 is 27.5 Å². The maximum atomic E-state index is 8.84. The molecule has 1 saturated heterocycles. The molecule has 0 spiro atoms. The summed E-state index contributed by atoms with van der Waals surface area (Å²) >= 11 is 3.41. The standard InChI is InChI=1S/C12H16BrN3O/c1-8-3-2-6-16(8)11-5-4-9(13)7-10(11)12(14)15-17/h4-5,7-8,17H,2-3,6H2,1H3,(H2,14,15). The molecule has 1 aliphatic rings. The van der Waals surface area contributed by atoms with Crippen molar-refractivity contribution in [3.05, 3.63) is 28.2 Å². The van der Waals surface area contributed by atoms with Crippen molar-refractivity contribution in [3.63, 3.8) is 0 Å². The average molecular weight is 298 g/mol. The number of anilines is 1. The third kappa shape index (κ3) is 2.39. The summed E-state index contributed by atoms with van der Waals surface area (Å²) in [6.07, 6.45) is 2.37. The lowest BCUT2D eigenvalue weighted by atomic mass is 10.1. The van der Waals surface area contributed by atoms with Crippen LogP contribution in [0, 0.1) is 0 Å². The second-order valence-electron chi connectivity index (χ2n) is 4.33. The summed E-state index contributed by atoms with van der Waals surface area (Å²) in [5, 5.41) is 11.9. The van der Waals surface area contributed by atoms with E-state index in [0.29, 0.717) is 6.04 Å². The number of amidine groups is 1. The van der Waals surface area contributed by atoms with Crippen molar-refractivity contribution in [2.75, 3.05) is 11.4 Å². The molecule has 92 valence electrons. The number of halogens is 1. The van der Waals surface area contributed by atoms with Crippen LogP contribution in [0.5, 0.6) is 0 Å². The molecule has 0 bridgehead atoms. The minimum Gasteiger partial charge on any atom is -0.409 e. The van der Waals surface area contributed by atoms with E-state index in [1.54, 1.807) is 0 Å². The molecule has 1 aliphatic heterocycles. The van der Waals surface area contributed by atoms with Gasteiger partial charge in [-0.3, -0.25) is 0 Å². The predicted molar refractivity (Wildman–Crippen MR) is 72.7 cm³/mol. The molecule has 2 rings (SSSR count). The fourth-order valence-electron chi connectivity index (χ4n) is 2.31. The van der Waals surface area contributed by atoms with E-state index in [2.05, 4.69) is 32.9 Å². The summed E-state index contributed by atoms with van der Waals surface area (Å²) in [6.45, 7) is 3.22. The van der Waals surface area contributed by atoms with Crippen LogP contribution in [0.3, 0.4) is 0 Å². The average Bonchev–Trinajstić information content (AvgIpc) is 2.74. The van der Waals surface area contributed by atoms with Crippen LogP contribution < -0.4 is 10.6 Å².